The summed E-state index contributed by atoms with van der Waals surface area (Å²) in [6.07, 6.45) is 10.7. The topological polar surface area (TPSA) is 40.5 Å². The van der Waals surface area contributed by atoms with E-state index >= 15 is 0 Å². The van der Waals surface area contributed by atoms with Gasteiger partial charge in [-0.05, 0) is 73.0 Å². The Morgan fingerprint density at radius 1 is 1.05 bits per heavy atom. The number of rotatable bonds is 2. The van der Waals surface area contributed by atoms with Gasteiger partial charge in [0.25, 0.3) is 0 Å². The maximum absolute atomic E-state index is 11.5. The molecule has 6 atom stereocenters. The molecule has 0 amide bonds. The number of fused-ring (bicyclic) bond motifs is 3. The molecule has 0 spiro atoms. The van der Waals surface area contributed by atoms with Crippen LogP contribution < -0.4 is 0 Å². The molecule has 0 aromatic carbocycles. The molecule has 22 heavy (non-hydrogen) atoms. The van der Waals surface area contributed by atoms with Crippen LogP contribution in [0, 0.1) is 28.1 Å². The average Bonchev–Trinajstić information content (AvgIpc) is 2.46. The lowest BCUT2D eigenvalue weighted by atomic mass is 9.42. The predicted octanol–water partition coefficient (Wildman–Crippen LogP) is 4.31. The van der Waals surface area contributed by atoms with Crippen molar-refractivity contribution in [2.75, 3.05) is 6.61 Å². The normalized spacial score (nSPS) is 55.1. The molecule has 2 heteroatoms. The Kier molecular flexibility index (Phi) is 3.81. The molecule has 0 radical (unpaired) electrons. The van der Waals surface area contributed by atoms with Gasteiger partial charge in [0.2, 0.25) is 0 Å². The van der Waals surface area contributed by atoms with Crippen LogP contribution in [-0.4, -0.2) is 22.4 Å². The summed E-state index contributed by atoms with van der Waals surface area (Å²) in [6.45, 7) is 11.2. The van der Waals surface area contributed by atoms with Gasteiger partial charge >= 0.3 is 0 Å². The second-order valence-corrected chi connectivity index (χ2v) is 9.49. The molecule has 0 aromatic rings. The SMILES string of the molecule is C=CC1(C)CC[C@H]2C(O)(CCC3[C@@](C)(CO)CCC[C@@]32C)C1. The van der Waals surface area contributed by atoms with Gasteiger partial charge in [0.1, 0.15) is 0 Å². The fraction of sp³-hybridized carbons (Fsp3) is 0.900. The first kappa shape index (κ1) is 16.5. The quantitative estimate of drug-likeness (QED) is 0.746. The highest BCUT2D eigenvalue weighted by molar-refractivity contribution is 5.14. The molecule has 0 bridgehead atoms. The fourth-order valence-electron chi connectivity index (χ4n) is 6.73. The average molecular weight is 306 g/mol. The monoisotopic (exact) mass is 306 g/mol. The van der Waals surface area contributed by atoms with E-state index in [1.165, 1.54) is 12.8 Å². The molecule has 0 saturated heterocycles. The van der Waals surface area contributed by atoms with E-state index in [1.807, 2.05) is 0 Å². The number of hydrogen-bond acceptors (Lipinski definition) is 2. The van der Waals surface area contributed by atoms with Crippen molar-refractivity contribution in [3.63, 3.8) is 0 Å². The van der Waals surface area contributed by atoms with E-state index < -0.39 is 5.60 Å². The minimum absolute atomic E-state index is 0.0491. The van der Waals surface area contributed by atoms with Gasteiger partial charge in [-0.3, -0.25) is 0 Å². The summed E-state index contributed by atoms with van der Waals surface area (Å²) in [4.78, 5) is 0. The molecule has 3 aliphatic rings. The van der Waals surface area contributed by atoms with Gasteiger partial charge in [-0.1, -0.05) is 33.3 Å². The molecule has 3 saturated carbocycles. The van der Waals surface area contributed by atoms with Crippen LogP contribution in [0.25, 0.3) is 0 Å². The molecule has 0 aliphatic heterocycles. The summed E-state index contributed by atoms with van der Waals surface area (Å²) in [6, 6.07) is 0. The molecule has 3 unspecified atom stereocenters. The molecular weight excluding hydrogens is 272 g/mol. The molecule has 3 fully saturated rings. The van der Waals surface area contributed by atoms with Gasteiger partial charge in [-0.25, -0.2) is 0 Å². The Labute approximate surface area is 136 Å². The predicted molar refractivity (Wildman–Crippen MR) is 90.5 cm³/mol. The van der Waals surface area contributed by atoms with Crippen molar-refractivity contribution in [2.24, 2.45) is 28.1 Å². The van der Waals surface area contributed by atoms with Crippen LogP contribution in [0.5, 0.6) is 0 Å². The summed E-state index contributed by atoms with van der Waals surface area (Å²) >= 11 is 0. The van der Waals surface area contributed by atoms with Gasteiger partial charge in [-0.2, -0.15) is 0 Å². The van der Waals surface area contributed by atoms with Crippen molar-refractivity contribution in [1.82, 2.24) is 0 Å². The van der Waals surface area contributed by atoms with E-state index in [4.69, 9.17) is 0 Å². The van der Waals surface area contributed by atoms with Gasteiger partial charge in [0.15, 0.2) is 0 Å². The van der Waals surface area contributed by atoms with Crippen LogP contribution in [0.15, 0.2) is 12.7 Å². The maximum Gasteiger partial charge on any atom is 0.0689 e. The highest BCUT2D eigenvalue weighted by Gasteiger charge is 2.62. The first-order chi connectivity index (χ1) is 10.2. The zero-order valence-corrected chi connectivity index (χ0v) is 14.7. The van der Waals surface area contributed by atoms with Crippen LogP contribution in [0.2, 0.25) is 0 Å². The Morgan fingerprint density at radius 2 is 1.73 bits per heavy atom. The molecule has 3 rings (SSSR count). The standard InChI is InChI=1S/C20H34O2/c1-5-17(2)11-7-16-19(4)10-6-9-18(3,14-21)15(19)8-12-20(16,22)13-17/h5,15-16,21-22H,1,6-14H2,2-4H3/t15?,16-,17?,18-,19+,20?/m1/s1. The Bertz CT molecular complexity index is 461. The highest BCUT2D eigenvalue weighted by Crippen LogP contribution is 2.66. The van der Waals surface area contributed by atoms with Crippen molar-refractivity contribution < 1.29 is 10.2 Å². The molecule has 0 aromatic heterocycles. The molecule has 3 aliphatic carbocycles. The largest absolute Gasteiger partial charge is 0.396 e. The van der Waals surface area contributed by atoms with E-state index in [9.17, 15) is 10.2 Å². The van der Waals surface area contributed by atoms with Crippen molar-refractivity contribution in [1.29, 1.82) is 0 Å². The lowest BCUT2D eigenvalue weighted by Gasteiger charge is -2.64. The van der Waals surface area contributed by atoms with E-state index in [-0.39, 0.29) is 16.2 Å². The second kappa shape index (κ2) is 5.08. The number of aliphatic hydroxyl groups excluding tert-OH is 1. The zero-order chi connectivity index (χ0) is 16.2. The lowest BCUT2D eigenvalue weighted by Crippen LogP contribution is -2.62. The minimum Gasteiger partial charge on any atom is -0.396 e. The van der Waals surface area contributed by atoms with E-state index in [2.05, 4.69) is 33.4 Å². The summed E-state index contributed by atoms with van der Waals surface area (Å²) < 4.78 is 0. The third-order valence-corrected chi connectivity index (χ3v) is 7.98. The molecule has 2 N–H and O–H groups in total. The Balaban J connectivity index is 1.94. The third kappa shape index (κ3) is 2.21. The summed E-state index contributed by atoms with van der Waals surface area (Å²) in [7, 11) is 0. The van der Waals surface area contributed by atoms with Gasteiger partial charge in [-0.15, -0.1) is 6.58 Å². The first-order valence-electron chi connectivity index (χ1n) is 9.18. The smallest absolute Gasteiger partial charge is 0.0689 e. The zero-order valence-electron chi connectivity index (χ0n) is 14.7. The van der Waals surface area contributed by atoms with Crippen molar-refractivity contribution in [2.45, 2.75) is 77.7 Å². The van der Waals surface area contributed by atoms with Gasteiger partial charge in [0, 0.05) is 6.61 Å². The van der Waals surface area contributed by atoms with Crippen molar-refractivity contribution in [3.8, 4) is 0 Å². The number of hydrogen-bond donors (Lipinski definition) is 2. The minimum atomic E-state index is -0.528. The Hall–Kier alpha value is -0.340. The van der Waals surface area contributed by atoms with Crippen LogP contribution in [0.1, 0.15) is 72.1 Å². The molecule has 2 nitrogen and oxygen atoms in total. The van der Waals surface area contributed by atoms with Crippen molar-refractivity contribution >= 4 is 0 Å². The number of aliphatic hydroxyl groups is 2. The maximum atomic E-state index is 11.5. The van der Waals surface area contributed by atoms with E-state index in [0.29, 0.717) is 18.4 Å². The molecular formula is C20H34O2. The van der Waals surface area contributed by atoms with Gasteiger partial charge in [0.05, 0.1) is 5.60 Å². The summed E-state index contributed by atoms with van der Waals surface area (Å²) in [5.41, 5.74) is -0.206. The van der Waals surface area contributed by atoms with Crippen molar-refractivity contribution in [3.05, 3.63) is 12.7 Å². The Morgan fingerprint density at radius 3 is 2.36 bits per heavy atom. The lowest BCUT2D eigenvalue weighted by molar-refractivity contribution is -0.210. The summed E-state index contributed by atoms with van der Waals surface area (Å²) in [5, 5.41) is 21.5. The first-order valence-corrected chi connectivity index (χ1v) is 9.18. The second-order valence-electron chi connectivity index (χ2n) is 9.49. The summed E-state index contributed by atoms with van der Waals surface area (Å²) in [5.74, 6) is 0.940. The molecule has 0 heterocycles. The third-order valence-electron chi connectivity index (χ3n) is 7.98. The van der Waals surface area contributed by atoms with E-state index in [1.54, 1.807) is 0 Å². The van der Waals surface area contributed by atoms with Gasteiger partial charge < -0.3 is 10.2 Å². The van der Waals surface area contributed by atoms with Crippen LogP contribution in [-0.2, 0) is 0 Å². The van der Waals surface area contributed by atoms with Crippen LogP contribution in [0.4, 0.5) is 0 Å². The van der Waals surface area contributed by atoms with E-state index in [0.717, 1.165) is 38.5 Å². The van der Waals surface area contributed by atoms with Crippen LogP contribution >= 0.6 is 0 Å². The highest BCUT2D eigenvalue weighted by atomic mass is 16.3. The molecule has 126 valence electrons. The van der Waals surface area contributed by atoms with Crippen LogP contribution in [0.3, 0.4) is 0 Å². The number of allylic oxidation sites excluding steroid dienone is 1. The fourth-order valence-corrected chi connectivity index (χ4v) is 6.73.